The highest BCUT2D eigenvalue weighted by Crippen LogP contribution is 2.27. The third-order valence-corrected chi connectivity index (χ3v) is 7.49. The number of hydrogen-bond acceptors (Lipinski definition) is 7. The van der Waals surface area contributed by atoms with Crippen molar-refractivity contribution in [2.75, 3.05) is 27.9 Å². The van der Waals surface area contributed by atoms with Gasteiger partial charge in [0.2, 0.25) is 12.4 Å². The number of aromatic nitrogens is 3. The van der Waals surface area contributed by atoms with E-state index in [1.54, 1.807) is 18.0 Å². The molecule has 0 saturated heterocycles. The third kappa shape index (κ3) is 9.54. The molecular weight excluding hydrogens is 638 g/mol. The molecule has 1 aromatic heterocycles. The van der Waals surface area contributed by atoms with E-state index in [2.05, 4.69) is 25.1 Å². The van der Waals surface area contributed by atoms with Crippen LogP contribution in [0.15, 0.2) is 72.0 Å². The van der Waals surface area contributed by atoms with Gasteiger partial charge in [-0.3, -0.25) is 9.69 Å². The van der Waals surface area contributed by atoms with Crippen LogP contribution in [0, 0.1) is 12.7 Å². The van der Waals surface area contributed by atoms with Crippen LogP contribution >= 0.6 is 11.8 Å². The largest absolute Gasteiger partial charge is 0.573 e. The number of ether oxygens (including phenoxy) is 1. The number of carbonyl (C=O) groups is 2. The Morgan fingerprint density at radius 1 is 1.11 bits per heavy atom. The highest BCUT2D eigenvalue weighted by atomic mass is 32.2. The van der Waals surface area contributed by atoms with Gasteiger partial charge in [-0.25, -0.2) is 13.9 Å². The summed E-state index contributed by atoms with van der Waals surface area (Å²) in [5.74, 6) is -0.235. The predicted octanol–water partition coefficient (Wildman–Crippen LogP) is 7.51. The molecule has 0 radical (unpaired) electrons. The van der Waals surface area contributed by atoms with Crippen LogP contribution in [0.25, 0.3) is 5.69 Å². The van der Waals surface area contributed by atoms with Crippen LogP contribution in [0.1, 0.15) is 37.0 Å². The number of aryl methyl sites for hydroxylation is 2. The molecule has 0 saturated carbocycles. The third-order valence-electron chi connectivity index (χ3n) is 6.65. The number of urea groups is 1. The second kappa shape index (κ2) is 15.6. The predicted molar refractivity (Wildman–Crippen MR) is 175 cm³/mol. The van der Waals surface area contributed by atoms with Crippen molar-refractivity contribution in [1.29, 1.82) is 0 Å². The van der Waals surface area contributed by atoms with Gasteiger partial charge >= 0.3 is 12.4 Å². The quantitative estimate of drug-likeness (QED) is 0.0762. The van der Waals surface area contributed by atoms with Crippen LogP contribution in [-0.2, 0) is 17.8 Å². The molecule has 10 nitrogen and oxygen atoms in total. The summed E-state index contributed by atoms with van der Waals surface area (Å²) in [7, 11) is 1.69. The van der Waals surface area contributed by atoms with E-state index in [4.69, 9.17) is 0 Å². The molecule has 15 heteroatoms. The highest BCUT2D eigenvalue weighted by Gasteiger charge is 2.31. The number of amides is 3. The molecule has 0 aliphatic rings. The van der Waals surface area contributed by atoms with Crippen molar-refractivity contribution >= 4 is 46.7 Å². The smallest absolute Gasteiger partial charge is 0.406 e. The Morgan fingerprint density at radius 2 is 1.85 bits per heavy atom. The maximum atomic E-state index is 15.1. The van der Waals surface area contributed by atoms with Crippen molar-refractivity contribution in [3.05, 3.63) is 89.5 Å². The number of benzene rings is 3. The standard InChI is InChI=1S/C32H33F4N7O3S/c1-5-7-23-10-8-21(3)16-28(23)42(20-44)31(47-6-2)39-30(45)38-27-15-9-22(17-26(27)33)18-41(4)29-37-19-43(40-29)24-11-13-25(14-12-24)46-32(34,35)36/h8-17,19-20H,5-7,18H2,1-4H3,(H,38,45)/b39-31-. The van der Waals surface area contributed by atoms with Crippen LogP contribution in [0.3, 0.4) is 0 Å². The summed E-state index contributed by atoms with van der Waals surface area (Å²) in [6, 6.07) is 14.4. The maximum absolute atomic E-state index is 15.1. The molecule has 0 unspecified atom stereocenters. The first-order valence-electron chi connectivity index (χ1n) is 14.5. The van der Waals surface area contributed by atoms with Crippen LogP contribution in [0.2, 0.25) is 0 Å². The first-order chi connectivity index (χ1) is 22.4. The number of hydrogen-bond donors (Lipinski definition) is 1. The molecule has 3 amide bonds. The van der Waals surface area contributed by atoms with Crippen molar-refractivity contribution in [1.82, 2.24) is 14.8 Å². The van der Waals surface area contributed by atoms with Gasteiger partial charge in [0.05, 0.1) is 17.1 Å². The minimum atomic E-state index is -4.79. The number of anilines is 3. The topological polar surface area (TPSA) is 105 Å². The molecule has 0 spiro atoms. The summed E-state index contributed by atoms with van der Waals surface area (Å²) in [6.45, 7) is 6.02. The maximum Gasteiger partial charge on any atom is 0.573 e. The van der Waals surface area contributed by atoms with Crippen molar-refractivity contribution < 1.29 is 31.9 Å². The van der Waals surface area contributed by atoms with Gasteiger partial charge in [-0.2, -0.15) is 9.98 Å². The fourth-order valence-electron chi connectivity index (χ4n) is 4.56. The summed E-state index contributed by atoms with van der Waals surface area (Å²) in [4.78, 5) is 36.5. The van der Waals surface area contributed by atoms with E-state index in [9.17, 15) is 22.8 Å². The zero-order valence-corrected chi connectivity index (χ0v) is 26.9. The Bertz CT molecular complexity index is 1730. The molecule has 0 aliphatic heterocycles. The van der Waals surface area contributed by atoms with Crippen LogP contribution in [0.4, 0.5) is 39.7 Å². The van der Waals surface area contributed by atoms with Gasteiger partial charge in [-0.1, -0.05) is 50.2 Å². The molecule has 0 fully saturated rings. The molecule has 248 valence electrons. The van der Waals surface area contributed by atoms with Gasteiger partial charge in [-0.05, 0) is 78.3 Å². The Hall–Kier alpha value is -4.92. The zero-order chi connectivity index (χ0) is 34.1. The fourth-order valence-corrected chi connectivity index (χ4v) is 5.24. The van der Waals surface area contributed by atoms with Gasteiger partial charge in [0.15, 0.2) is 5.17 Å². The number of rotatable bonds is 11. The van der Waals surface area contributed by atoms with E-state index in [0.717, 1.165) is 36.1 Å². The Kier molecular flexibility index (Phi) is 11.6. The molecule has 3 aromatic carbocycles. The minimum absolute atomic E-state index is 0.0914. The lowest BCUT2D eigenvalue weighted by atomic mass is 10.0. The molecule has 47 heavy (non-hydrogen) atoms. The van der Waals surface area contributed by atoms with Gasteiger partial charge in [0, 0.05) is 13.6 Å². The molecular formula is C32H33F4N7O3S. The summed E-state index contributed by atoms with van der Waals surface area (Å²) < 4.78 is 57.7. The first kappa shape index (κ1) is 34.9. The van der Waals surface area contributed by atoms with E-state index in [-0.39, 0.29) is 29.1 Å². The number of amidine groups is 1. The van der Waals surface area contributed by atoms with E-state index in [0.29, 0.717) is 29.1 Å². The average Bonchev–Trinajstić information content (AvgIpc) is 3.51. The number of halogens is 4. The Balaban J connectivity index is 1.44. The Morgan fingerprint density at radius 3 is 2.49 bits per heavy atom. The van der Waals surface area contributed by atoms with Crippen LogP contribution in [0.5, 0.6) is 5.75 Å². The van der Waals surface area contributed by atoms with Gasteiger partial charge in [0.1, 0.15) is 17.9 Å². The van der Waals surface area contributed by atoms with Gasteiger partial charge < -0.3 is 15.0 Å². The lowest BCUT2D eigenvalue weighted by molar-refractivity contribution is -0.274. The lowest BCUT2D eigenvalue weighted by Crippen LogP contribution is -2.30. The van der Waals surface area contributed by atoms with Crippen LogP contribution < -0.4 is 19.9 Å². The average molecular weight is 672 g/mol. The SMILES string of the molecule is CCCc1ccc(C)cc1N(C=O)/C(=N/C(=O)Nc1ccc(CN(C)c2ncn(-c3ccc(OC(F)(F)F)cc3)n2)cc1F)SCC. The molecule has 4 rings (SSSR count). The first-order valence-corrected chi connectivity index (χ1v) is 15.5. The highest BCUT2D eigenvalue weighted by molar-refractivity contribution is 8.14. The number of nitrogens with zero attached hydrogens (tertiary/aromatic N) is 6. The lowest BCUT2D eigenvalue weighted by Gasteiger charge is -2.22. The summed E-state index contributed by atoms with van der Waals surface area (Å²) in [5, 5.41) is 6.96. The van der Waals surface area contributed by atoms with Gasteiger partial charge in [0.25, 0.3) is 0 Å². The zero-order valence-electron chi connectivity index (χ0n) is 26.1. The molecule has 4 aromatic rings. The van der Waals surface area contributed by atoms with Crippen molar-refractivity contribution in [3.8, 4) is 11.4 Å². The van der Waals surface area contributed by atoms with Crippen molar-refractivity contribution in [2.45, 2.75) is 46.5 Å². The van der Waals surface area contributed by atoms with E-state index in [1.807, 2.05) is 39.0 Å². The monoisotopic (exact) mass is 671 g/mol. The second-order valence-corrected chi connectivity index (χ2v) is 11.5. The number of carbonyl (C=O) groups excluding carboxylic acids is 2. The summed E-state index contributed by atoms with van der Waals surface area (Å²) in [5.41, 5.74) is 3.44. The molecule has 1 N–H and O–H groups in total. The number of alkyl halides is 3. The second-order valence-electron chi connectivity index (χ2n) is 10.3. The molecule has 0 aliphatic carbocycles. The van der Waals surface area contributed by atoms with Crippen LogP contribution in [-0.4, -0.2) is 51.5 Å². The molecule has 0 bridgehead atoms. The number of aliphatic imine (C=N–C) groups is 1. The van der Waals surface area contributed by atoms with Crippen molar-refractivity contribution in [2.24, 2.45) is 4.99 Å². The normalized spacial score (nSPS) is 11.7. The van der Waals surface area contributed by atoms with Gasteiger partial charge in [-0.15, -0.1) is 18.3 Å². The van der Waals surface area contributed by atoms with Crippen molar-refractivity contribution in [3.63, 3.8) is 0 Å². The number of nitrogens with one attached hydrogen (secondary N) is 1. The fraction of sp³-hybridized carbons (Fsp3) is 0.281. The minimum Gasteiger partial charge on any atom is -0.406 e. The van der Waals surface area contributed by atoms with E-state index in [1.165, 1.54) is 51.9 Å². The Labute approximate surface area is 273 Å². The van der Waals surface area contributed by atoms with E-state index < -0.39 is 18.2 Å². The molecule has 1 heterocycles. The molecule has 0 atom stereocenters. The number of thioether (sulfide) groups is 1. The summed E-state index contributed by atoms with van der Waals surface area (Å²) in [6.07, 6.45) is -1.18. The van der Waals surface area contributed by atoms with E-state index >= 15 is 4.39 Å². The summed E-state index contributed by atoms with van der Waals surface area (Å²) >= 11 is 1.21.